The van der Waals surface area contributed by atoms with Crippen LogP contribution in [0.2, 0.25) is 18.1 Å². The molecule has 0 N–H and O–H groups in total. The lowest BCUT2D eigenvalue weighted by atomic mass is 10.2. The molecule has 0 saturated heterocycles. The Kier molecular flexibility index (Phi) is 6.89. The van der Waals surface area contributed by atoms with E-state index in [4.69, 9.17) is 16.0 Å². The highest BCUT2D eigenvalue weighted by Crippen LogP contribution is 2.36. The number of esters is 1. The van der Waals surface area contributed by atoms with E-state index >= 15 is 0 Å². The summed E-state index contributed by atoms with van der Waals surface area (Å²) < 4.78 is 10.4. The fourth-order valence-electron chi connectivity index (χ4n) is 0.853. The van der Waals surface area contributed by atoms with Gasteiger partial charge in [-0.2, -0.15) is 0 Å². The molecule has 0 fully saturated rings. The van der Waals surface area contributed by atoms with Crippen LogP contribution in [-0.2, 0) is 14.0 Å². The maximum atomic E-state index is 10.9. The van der Waals surface area contributed by atoms with Crippen molar-refractivity contribution in [3.63, 3.8) is 0 Å². The first-order valence-electron chi connectivity index (χ1n) is 5.86. The third-order valence-electron chi connectivity index (χ3n) is 3.08. The maximum absolute atomic E-state index is 10.9. The molecule has 0 aromatic rings. The van der Waals surface area contributed by atoms with Crippen LogP contribution in [0.1, 0.15) is 20.8 Å². The van der Waals surface area contributed by atoms with Gasteiger partial charge in [-0.15, -0.1) is 0 Å². The predicted molar refractivity (Wildman–Crippen MR) is 78.2 cm³/mol. The fourth-order valence-corrected chi connectivity index (χ4v) is 1.98. The molecular weight excluding hydrogens is 268 g/mol. The molecule has 0 rings (SSSR count). The third kappa shape index (κ3) is 6.38. The Morgan fingerprint density at radius 2 is 1.89 bits per heavy atom. The number of allylic oxidation sites excluding steroid dienone is 2. The van der Waals surface area contributed by atoms with Crippen molar-refractivity contribution in [3.05, 3.63) is 23.3 Å². The van der Waals surface area contributed by atoms with E-state index in [1.807, 2.05) is 6.08 Å². The van der Waals surface area contributed by atoms with Crippen LogP contribution in [-0.4, -0.2) is 28.0 Å². The minimum atomic E-state index is -1.72. The standard InChI is InChI=1S/C13H23ClO3Si/c1-13(2,3)18(5,6)17-9-7-8-11(14)10-12(15)16-4/h7-8,10H,9H2,1-6H3/b8-7+,11-10-. The van der Waals surface area contributed by atoms with Crippen molar-refractivity contribution in [1.29, 1.82) is 0 Å². The Balaban J connectivity index is 4.28. The van der Waals surface area contributed by atoms with E-state index in [1.165, 1.54) is 13.2 Å². The second-order valence-electron chi connectivity index (χ2n) is 5.53. The van der Waals surface area contributed by atoms with Crippen molar-refractivity contribution in [3.8, 4) is 0 Å². The zero-order valence-electron chi connectivity index (χ0n) is 12.0. The normalized spacial score (nSPS) is 14.1. The van der Waals surface area contributed by atoms with Gasteiger partial charge in [0.25, 0.3) is 0 Å². The highest BCUT2D eigenvalue weighted by Gasteiger charge is 2.36. The van der Waals surface area contributed by atoms with E-state index in [9.17, 15) is 4.79 Å². The largest absolute Gasteiger partial charge is 0.466 e. The number of methoxy groups -OCH3 is 1. The Labute approximate surface area is 116 Å². The van der Waals surface area contributed by atoms with E-state index in [-0.39, 0.29) is 5.04 Å². The molecule has 0 bridgehead atoms. The van der Waals surface area contributed by atoms with Crippen LogP contribution in [0, 0.1) is 0 Å². The van der Waals surface area contributed by atoms with Crippen molar-refractivity contribution < 1.29 is 14.0 Å². The molecule has 0 radical (unpaired) electrons. The van der Waals surface area contributed by atoms with Crippen LogP contribution in [0.4, 0.5) is 0 Å². The van der Waals surface area contributed by atoms with Gasteiger partial charge in [-0.05, 0) is 24.2 Å². The first-order valence-corrected chi connectivity index (χ1v) is 9.14. The number of halogens is 1. The summed E-state index contributed by atoms with van der Waals surface area (Å²) in [5.74, 6) is -0.463. The highest BCUT2D eigenvalue weighted by atomic mass is 35.5. The van der Waals surface area contributed by atoms with E-state index < -0.39 is 14.3 Å². The van der Waals surface area contributed by atoms with Gasteiger partial charge in [0, 0.05) is 11.1 Å². The first-order chi connectivity index (χ1) is 8.10. The molecule has 5 heteroatoms. The predicted octanol–water partition coefficient (Wildman–Crippen LogP) is 3.86. The van der Waals surface area contributed by atoms with E-state index in [0.29, 0.717) is 11.6 Å². The average molecular weight is 291 g/mol. The van der Waals surface area contributed by atoms with Gasteiger partial charge in [-0.1, -0.05) is 38.4 Å². The van der Waals surface area contributed by atoms with Gasteiger partial charge >= 0.3 is 5.97 Å². The highest BCUT2D eigenvalue weighted by molar-refractivity contribution is 6.74. The zero-order valence-corrected chi connectivity index (χ0v) is 13.8. The summed E-state index contributed by atoms with van der Waals surface area (Å²) in [6, 6.07) is 0. The molecule has 0 spiro atoms. The second-order valence-corrected chi connectivity index (χ2v) is 10.8. The smallest absolute Gasteiger partial charge is 0.331 e. The number of ether oxygens (including phenoxy) is 1. The summed E-state index contributed by atoms with van der Waals surface area (Å²) in [7, 11) is -0.408. The molecule has 0 aliphatic heterocycles. The van der Waals surface area contributed by atoms with Crippen molar-refractivity contribution in [1.82, 2.24) is 0 Å². The van der Waals surface area contributed by atoms with Crippen LogP contribution in [0.5, 0.6) is 0 Å². The lowest BCUT2D eigenvalue weighted by Crippen LogP contribution is -2.40. The Morgan fingerprint density at radius 3 is 2.33 bits per heavy atom. The molecule has 0 aromatic heterocycles. The van der Waals surface area contributed by atoms with Crippen LogP contribution in [0.15, 0.2) is 23.3 Å². The van der Waals surface area contributed by atoms with E-state index in [1.54, 1.807) is 6.08 Å². The van der Waals surface area contributed by atoms with Crippen LogP contribution < -0.4 is 0 Å². The van der Waals surface area contributed by atoms with Crippen LogP contribution >= 0.6 is 11.6 Å². The minimum Gasteiger partial charge on any atom is -0.466 e. The van der Waals surface area contributed by atoms with Gasteiger partial charge in [0.1, 0.15) is 0 Å². The molecule has 0 saturated carbocycles. The van der Waals surface area contributed by atoms with Gasteiger partial charge < -0.3 is 9.16 Å². The number of carbonyl (C=O) groups excluding carboxylic acids is 1. The molecular formula is C13H23ClO3Si. The summed E-state index contributed by atoms with van der Waals surface area (Å²) >= 11 is 5.82. The number of rotatable bonds is 5. The second kappa shape index (κ2) is 7.12. The molecule has 18 heavy (non-hydrogen) atoms. The number of hydrogen-bond donors (Lipinski definition) is 0. The summed E-state index contributed by atoms with van der Waals surface area (Å²) in [6.07, 6.45) is 4.68. The summed E-state index contributed by atoms with van der Waals surface area (Å²) in [6.45, 7) is 11.4. The Hall–Kier alpha value is -0.583. The van der Waals surface area contributed by atoms with Crippen LogP contribution in [0.25, 0.3) is 0 Å². The molecule has 0 amide bonds. The van der Waals surface area contributed by atoms with Gasteiger partial charge in [-0.25, -0.2) is 4.79 Å². The Morgan fingerprint density at radius 1 is 1.33 bits per heavy atom. The van der Waals surface area contributed by atoms with Gasteiger partial charge in [0.05, 0.1) is 13.7 Å². The lowest BCUT2D eigenvalue weighted by Gasteiger charge is -2.35. The van der Waals surface area contributed by atoms with Gasteiger partial charge in [0.15, 0.2) is 8.32 Å². The van der Waals surface area contributed by atoms with Crippen LogP contribution in [0.3, 0.4) is 0 Å². The van der Waals surface area contributed by atoms with Crippen molar-refractivity contribution >= 4 is 25.9 Å². The quantitative estimate of drug-likeness (QED) is 0.334. The molecule has 0 aliphatic rings. The van der Waals surface area contributed by atoms with E-state index in [2.05, 4.69) is 38.6 Å². The monoisotopic (exact) mass is 290 g/mol. The molecule has 0 unspecified atom stereocenters. The van der Waals surface area contributed by atoms with E-state index in [0.717, 1.165) is 0 Å². The third-order valence-corrected chi connectivity index (χ3v) is 7.82. The molecule has 0 aromatic carbocycles. The minimum absolute atomic E-state index is 0.187. The molecule has 0 aliphatic carbocycles. The molecule has 104 valence electrons. The Bertz CT molecular complexity index is 341. The van der Waals surface area contributed by atoms with Gasteiger partial charge in [0.2, 0.25) is 0 Å². The number of carbonyl (C=O) groups is 1. The molecule has 0 heterocycles. The molecule has 3 nitrogen and oxygen atoms in total. The lowest BCUT2D eigenvalue weighted by molar-refractivity contribution is -0.134. The first kappa shape index (κ1) is 17.4. The van der Waals surface area contributed by atoms with Crippen molar-refractivity contribution in [2.45, 2.75) is 38.9 Å². The maximum Gasteiger partial charge on any atom is 0.331 e. The van der Waals surface area contributed by atoms with Gasteiger partial charge in [-0.3, -0.25) is 0 Å². The summed E-state index contributed by atoms with van der Waals surface area (Å²) in [5, 5.41) is 0.521. The summed E-state index contributed by atoms with van der Waals surface area (Å²) in [4.78, 5) is 10.9. The molecule has 0 atom stereocenters. The SMILES string of the molecule is COC(=O)/C=C(Cl)/C=C/CO[Si](C)(C)C(C)(C)C. The van der Waals surface area contributed by atoms with Crippen molar-refractivity contribution in [2.24, 2.45) is 0 Å². The fraction of sp³-hybridized carbons (Fsp3) is 0.615. The zero-order chi connectivity index (χ0) is 14.4. The number of hydrogen-bond acceptors (Lipinski definition) is 3. The summed E-state index contributed by atoms with van der Waals surface area (Å²) in [5.41, 5.74) is 0. The van der Waals surface area contributed by atoms with Crippen molar-refractivity contribution in [2.75, 3.05) is 13.7 Å². The average Bonchev–Trinajstić information content (AvgIpc) is 2.22. The topological polar surface area (TPSA) is 35.5 Å².